The van der Waals surface area contributed by atoms with Gasteiger partial charge < -0.3 is 30.3 Å². The van der Waals surface area contributed by atoms with Gasteiger partial charge in [-0.2, -0.15) is 4.98 Å². The highest BCUT2D eigenvalue weighted by molar-refractivity contribution is 6.40. The Labute approximate surface area is 231 Å². The first kappa shape index (κ1) is 26.5. The van der Waals surface area contributed by atoms with Crippen LogP contribution >= 0.6 is 23.2 Å². The third-order valence-electron chi connectivity index (χ3n) is 6.64. The number of nitrogens with one attached hydrogen (secondary N) is 2. The molecule has 3 aromatic rings. The van der Waals surface area contributed by atoms with E-state index in [1.165, 1.54) is 11.1 Å². The van der Waals surface area contributed by atoms with Crippen molar-refractivity contribution in [3.8, 4) is 0 Å². The normalized spacial score (nSPS) is 17.6. The van der Waals surface area contributed by atoms with Crippen LogP contribution in [0.15, 0.2) is 42.6 Å². The van der Waals surface area contributed by atoms with E-state index in [-0.39, 0.29) is 25.2 Å². The van der Waals surface area contributed by atoms with Crippen molar-refractivity contribution in [3.05, 3.63) is 63.8 Å². The highest BCUT2D eigenvalue weighted by Crippen LogP contribution is 2.37. The van der Waals surface area contributed by atoms with Gasteiger partial charge in [0.05, 0.1) is 35.6 Å². The molecule has 1 saturated heterocycles. The van der Waals surface area contributed by atoms with Gasteiger partial charge in [-0.15, -0.1) is 0 Å². The lowest BCUT2D eigenvalue weighted by Crippen LogP contribution is -2.52. The summed E-state index contributed by atoms with van der Waals surface area (Å²) in [7, 11) is 3.53. The van der Waals surface area contributed by atoms with E-state index in [1.807, 2.05) is 30.1 Å². The number of fused-ring (bicyclic) bond motifs is 1. The second-order valence-corrected chi connectivity index (χ2v) is 10.1. The summed E-state index contributed by atoms with van der Waals surface area (Å²) in [5.74, 6) is 0.553. The minimum Gasteiger partial charge on any atom is -0.392 e. The van der Waals surface area contributed by atoms with E-state index in [9.17, 15) is 9.90 Å². The Kier molecular flexibility index (Phi) is 7.87. The van der Waals surface area contributed by atoms with Crippen molar-refractivity contribution in [2.75, 3.05) is 67.1 Å². The largest absolute Gasteiger partial charge is 0.392 e. The maximum absolute atomic E-state index is 13.3. The van der Waals surface area contributed by atoms with Crippen LogP contribution < -0.4 is 25.3 Å². The third kappa shape index (κ3) is 5.23. The molecule has 10 nitrogen and oxygen atoms in total. The second-order valence-electron chi connectivity index (χ2n) is 9.25. The molecule has 0 saturated carbocycles. The van der Waals surface area contributed by atoms with E-state index in [0.29, 0.717) is 39.7 Å². The number of methoxy groups -OCH3 is 1. The predicted octanol–water partition coefficient (Wildman–Crippen LogP) is 3.50. The number of carbonyl (C=O) groups is 1. The van der Waals surface area contributed by atoms with Crippen molar-refractivity contribution in [1.29, 1.82) is 0 Å². The van der Waals surface area contributed by atoms with Crippen molar-refractivity contribution in [1.82, 2.24) is 15.3 Å². The molecule has 38 heavy (non-hydrogen) atoms. The zero-order valence-electron chi connectivity index (χ0n) is 21.1. The number of ether oxygens (including phenoxy) is 1. The minimum atomic E-state index is -0.283. The summed E-state index contributed by atoms with van der Waals surface area (Å²) < 4.78 is 5.30. The lowest BCUT2D eigenvalue weighted by atomic mass is 10.1. The van der Waals surface area contributed by atoms with Gasteiger partial charge in [-0.05, 0) is 30.3 Å². The number of carbonyl (C=O) groups excluding carboxylic acids is 1. The van der Waals surface area contributed by atoms with E-state index >= 15 is 0 Å². The van der Waals surface area contributed by atoms with E-state index in [1.54, 1.807) is 25.3 Å². The van der Waals surface area contributed by atoms with Gasteiger partial charge in [-0.3, -0.25) is 9.69 Å². The number of aromatic nitrogens is 2. The van der Waals surface area contributed by atoms with E-state index < -0.39 is 0 Å². The van der Waals surface area contributed by atoms with Crippen molar-refractivity contribution in [3.63, 3.8) is 0 Å². The molecular formula is C26H29Cl2N7O3. The lowest BCUT2D eigenvalue weighted by molar-refractivity contribution is 0.0982. The standard InChI is InChI=1S/C26H29Cl2N7O3/c1-33-15-35(23-20(27)4-3-5-21(23)28)25(37)19-11-30-26(32-24(19)33)31-17-6-7-22(16(10-17)13-36)34-9-8-29-18(12-34)14-38-2/h3-7,10-11,18,29,36H,8-9,12-15H2,1-2H3,(H,30,31,32)/t18-/m1/s1. The molecule has 2 aliphatic heterocycles. The van der Waals surface area contributed by atoms with Crippen LogP contribution in [-0.2, 0) is 11.3 Å². The smallest absolute Gasteiger partial charge is 0.265 e. The minimum absolute atomic E-state index is 0.105. The van der Waals surface area contributed by atoms with Gasteiger partial charge in [0.2, 0.25) is 5.95 Å². The molecule has 1 atom stereocenters. The Bertz CT molecular complexity index is 1320. The van der Waals surface area contributed by atoms with Crippen LogP contribution in [0, 0.1) is 0 Å². The summed E-state index contributed by atoms with van der Waals surface area (Å²) in [5.41, 5.74) is 3.31. The Morgan fingerprint density at radius 3 is 2.76 bits per heavy atom. The quantitative estimate of drug-likeness (QED) is 0.402. The van der Waals surface area contributed by atoms with Crippen LogP contribution in [0.25, 0.3) is 0 Å². The summed E-state index contributed by atoms with van der Waals surface area (Å²) in [6, 6.07) is 11.2. The van der Waals surface area contributed by atoms with E-state index in [2.05, 4.69) is 25.5 Å². The Morgan fingerprint density at radius 2 is 2.03 bits per heavy atom. The molecule has 0 radical (unpaired) electrons. The number of halogens is 2. The topological polar surface area (TPSA) is 106 Å². The van der Waals surface area contributed by atoms with Crippen LogP contribution in [0.3, 0.4) is 0 Å². The van der Waals surface area contributed by atoms with Crippen molar-refractivity contribution in [2.45, 2.75) is 12.6 Å². The fourth-order valence-electron chi connectivity index (χ4n) is 4.87. The average molecular weight is 558 g/mol. The van der Waals surface area contributed by atoms with Gasteiger partial charge in [-0.1, -0.05) is 29.3 Å². The zero-order valence-corrected chi connectivity index (χ0v) is 22.6. The number of aliphatic hydroxyl groups is 1. The van der Waals surface area contributed by atoms with Crippen LogP contribution in [0.4, 0.5) is 28.8 Å². The van der Waals surface area contributed by atoms with Crippen molar-refractivity contribution < 1.29 is 14.6 Å². The first-order valence-electron chi connectivity index (χ1n) is 12.2. The number of benzene rings is 2. The molecule has 0 unspecified atom stereocenters. The number of hydrogen-bond acceptors (Lipinski definition) is 9. The first-order chi connectivity index (χ1) is 18.4. The van der Waals surface area contributed by atoms with Gasteiger partial charge in [0, 0.05) is 63.0 Å². The van der Waals surface area contributed by atoms with Crippen molar-refractivity contribution >= 4 is 57.9 Å². The molecule has 5 rings (SSSR count). The fourth-order valence-corrected chi connectivity index (χ4v) is 5.47. The molecule has 0 spiro atoms. The molecule has 200 valence electrons. The van der Waals surface area contributed by atoms with Crippen LogP contribution in [0.1, 0.15) is 15.9 Å². The number of nitrogens with zero attached hydrogens (tertiary/aromatic N) is 5. The number of para-hydroxylation sites is 1. The summed E-state index contributed by atoms with van der Waals surface area (Å²) in [5, 5.41) is 17.5. The molecule has 12 heteroatoms. The summed E-state index contributed by atoms with van der Waals surface area (Å²) in [4.78, 5) is 27.9. The SMILES string of the molecule is COC[C@H]1CN(c2ccc(Nc3ncc4c(n3)N(C)CN(c3c(Cl)cccc3Cl)C4=O)cc2CO)CCN1. The van der Waals surface area contributed by atoms with Gasteiger partial charge in [0.25, 0.3) is 5.91 Å². The fraction of sp³-hybridized carbons (Fsp3) is 0.346. The van der Waals surface area contributed by atoms with Gasteiger partial charge in [0.15, 0.2) is 0 Å². The van der Waals surface area contributed by atoms with Crippen LogP contribution in [0.5, 0.6) is 0 Å². The number of aliphatic hydroxyl groups excluding tert-OH is 1. The van der Waals surface area contributed by atoms with Gasteiger partial charge in [-0.25, -0.2) is 4.98 Å². The number of anilines is 5. The first-order valence-corrected chi connectivity index (χ1v) is 13.0. The molecule has 2 aromatic carbocycles. The third-order valence-corrected chi connectivity index (χ3v) is 7.25. The van der Waals surface area contributed by atoms with Gasteiger partial charge in [0.1, 0.15) is 11.4 Å². The number of hydrogen-bond donors (Lipinski definition) is 3. The van der Waals surface area contributed by atoms with Crippen LogP contribution in [0.2, 0.25) is 10.0 Å². The maximum atomic E-state index is 13.3. The number of amides is 1. The summed E-state index contributed by atoms with van der Waals surface area (Å²) in [6.07, 6.45) is 1.50. The van der Waals surface area contributed by atoms with E-state index in [4.69, 9.17) is 27.9 Å². The molecule has 1 aromatic heterocycles. The molecular weight excluding hydrogens is 529 g/mol. The Balaban J connectivity index is 1.36. The maximum Gasteiger partial charge on any atom is 0.265 e. The van der Waals surface area contributed by atoms with Crippen molar-refractivity contribution in [2.24, 2.45) is 0 Å². The number of rotatable bonds is 7. The average Bonchev–Trinajstić information content (AvgIpc) is 2.91. The molecule has 2 aliphatic rings. The predicted molar refractivity (Wildman–Crippen MR) is 150 cm³/mol. The summed E-state index contributed by atoms with van der Waals surface area (Å²) in [6.45, 7) is 3.22. The molecule has 1 amide bonds. The Hall–Kier alpha value is -3.15. The molecule has 1 fully saturated rings. The van der Waals surface area contributed by atoms with E-state index in [0.717, 1.165) is 36.6 Å². The molecule has 0 aliphatic carbocycles. The van der Waals surface area contributed by atoms with Crippen LogP contribution in [-0.4, -0.2) is 74.1 Å². The number of piperazine rings is 1. The lowest BCUT2D eigenvalue weighted by Gasteiger charge is -2.36. The molecule has 0 bridgehead atoms. The molecule has 3 heterocycles. The Morgan fingerprint density at radius 1 is 1.24 bits per heavy atom. The monoisotopic (exact) mass is 557 g/mol. The second kappa shape index (κ2) is 11.3. The highest BCUT2D eigenvalue weighted by Gasteiger charge is 2.32. The summed E-state index contributed by atoms with van der Waals surface area (Å²) >= 11 is 12.7. The van der Waals surface area contributed by atoms with Gasteiger partial charge >= 0.3 is 0 Å². The highest BCUT2D eigenvalue weighted by atomic mass is 35.5. The molecule has 3 N–H and O–H groups in total. The zero-order chi connectivity index (χ0) is 26.8.